The number of likely N-dealkylation sites (N-methyl/N-ethyl adjacent to an activating group) is 1. The van der Waals surface area contributed by atoms with E-state index in [0.29, 0.717) is 40.4 Å². The second-order valence-electron chi connectivity index (χ2n) is 10.3. The molecule has 1 N–H and O–H groups in total. The van der Waals surface area contributed by atoms with E-state index in [4.69, 9.17) is 11.6 Å². The molecule has 222 valence electrons. The van der Waals surface area contributed by atoms with Gasteiger partial charge in [0.2, 0.25) is 5.95 Å². The van der Waals surface area contributed by atoms with Crippen LogP contribution < -0.4 is 10.7 Å². The van der Waals surface area contributed by atoms with Crippen LogP contribution >= 0.6 is 11.6 Å². The molecule has 0 bridgehead atoms. The van der Waals surface area contributed by atoms with Gasteiger partial charge in [-0.05, 0) is 69.4 Å². The fourth-order valence-corrected chi connectivity index (χ4v) is 4.69. The normalized spacial score (nSPS) is 11.8. The second-order valence-corrected chi connectivity index (χ2v) is 10.7. The van der Waals surface area contributed by atoms with Gasteiger partial charge < -0.3 is 14.8 Å². The van der Waals surface area contributed by atoms with Crippen molar-refractivity contribution in [3.63, 3.8) is 0 Å². The largest absolute Gasteiger partial charge is 0.435 e. The van der Waals surface area contributed by atoms with Crippen molar-refractivity contribution in [1.82, 2.24) is 29.2 Å². The zero-order valence-electron chi connectivity index (χ0n) is 23.7. The highest BCUT2D eigenvalue weighted by molar-refractivity contribution is 6.31. The number of halogens is 4. The van der Waals surface area contributed by atoms with E-state index < -0.39 is 17.3 Å². The van der Waals surface area contributed by atoms with Gasteiger partial charge in [0.25, 0.3) is 0 Å². The summed E-state index contributed by atoms with van der Waals surface area (Å²) in [5.74, 6) is -0.238. The number of benzene rings is 2. The van der Waals surface area contributed by atoms with Crippen LogP contribution in [0.4, 0.5) is 24.8 Å². The summed E-state index contributed by atoms with van der Waals surface area (Å²) in [5, 5.41) is 7.54. The molecule has 0 spiro atoms. The molecule has 5 aromatic rings. The zero-order valence-corrected chi connectivity index (χ0v) is 24.5. The summed E-state index contributed by atoms with van der Waals surface area (Å²) in [5.41, 5.74) is 1.32. The number of aromatic nitrogens is 5. The van der Waals surface area contributed by atoms with Gasteiger partial charge in [0.15, 0.2) is 22.7 Å². The molecule has 0 aliphatic carbocycles. The zero-order chi connectivity index (χ0) is 31.1. The molecule has 0 radical (unpaired) electrons. The Bertz CT molecular complexity index is 1910. The minimum atomic E-state index is -4.66. The third kappa shape index (κ3) is 6.30. The molecule has 13 heteroatoms. The fraction of sp³-hybridized carbons (Fsp3) is 0.233. The number of rotatable bonds is 8. The maximum absolute atomic E-state index is 13.4. The molecule has 0 aliphatic rings. The number of anilines is 2. The Morgan fingerprint density at radius 2 is 1.88 bits per heavy atom. The Morgan fingerprint density at radius 3 is 2.53 bits per heavy atom. The second kappa shape index (κ2) is 11.6. The molecule has 9 nitrogen and oxygen atoms in total. The first-order valence-corrected chi connectivity index (χ1v) is 13.6. The van der Waals surface area contributed by atoms with Gasteiger partial charge in [0.05, 0.1) is 11.1 Å². The van der Waals surface area contributed by atoms with Crippen molar-refractivity contribution in [2.45, 2.75) is 26.6 Å². The quantitative estimate of drug-likeness (QED) is 0.211. The number of pyridine rings is 1. The SMILES string of the molecule is CC(=O)c1cn(CCN(C)C)c2ccc(-c3cnc(Nc4ccc(C)c(Cl)c4)nc3-n3ccc(C(F)(F)F)n3)cc2c1=O. The standard InChI is InChI=1S/C30H27ClF3N7O2/c1-17-5-7-20(14-24(17)31)36-29-35-15-22(28(37-29)41-10-9-26(38-41)30(32,33)34)19-6-8-25-21(13-19)27(43)23(18(2)42)16-40(25)12-11-39(3)4/h5-10,13-16H,11-12H2,1-4H3,(H,35,36,37). The van der Waals surface area contributed by atoms with Crippen LogP contribution in [-0.2, 0) is 12.7 Å². The van der Waals surface area contributed by atoms with Gasteiger partial charge in [-0.2, -0.15) is 23.3 Å². The number of fused-ring (bicyclic) bond motifs is 1. The van der Waals surface area contributed by atoms with E-state index in [2.05, 4.69) is 20.4 Å². The van der Waals surface area contributed by atoms with Gasteiger partial charge in [-0.15, -0.1) is 0 Å². The molecule has 43 heavy (non-hydrogen) atoms. The summed E-state index contributed by atoms with van der Waals surface area (Å²) in [4.78, 5) is 36.6. The molecule has 0 aliphatic heterocycles. The maximum Gasteiger partial charge on any atom is 0.435 e. The number of carbonyl (C=O) groups is 1. The van der Waals surface area contributed by atoms with Crippen molar-refractivity contribution in [1.29, 1.82) is 0 Å². The summed E-state index contributed by atoms with van der Waals surface area (Å²) >= 11 is 6.24. The first-order valence-electron chi connectivity index (χ1n) is 13.2. The van der Waals surface area contributed by atoms with Gasteiger partial charge in [0.1, 0.15) is 0 Å². The number of hydrogen-bond donors (Lipinski definition) is 1. The van der Waals surface area contributed by atoms with Gasteiger partial charge in [-0.3, -0.25) is 9.59 Å². The van der Waals surface area contributed by atoms with Crippen LogP contribution in [0.2, 0.25) is 5.02 Å². The number of aryl methyl sites for hydroxylation is 1. The number of ketones is 1. The van der Waals surface area contributed by atoms with Crippen molar-refractivity contribution in [2.24, 2.45) is 0 Å². The van der Waals surface area contributed by atoms with Crippen LogP contribution in [0.1, 0.15) is 28.5 Å². The molecule has 0 atom stereocenters. The molecule has 0 unspecified atom stereocenters. The van der Waals surface area contributed by atoms with E-state index in [9.17, 15) is 22.8 Å². The van der Waals surface area contributed by atoms with Crippen molar-refractivity contribution in [2.75, 3.05) is 26.0 Å². The van der Waals surface area contributed by atoms with Crippen LogP contribution in [0.5, 0.6) is 0 Å². The number of hydrogen-bond acceptors (Lipinski definition) is 7. The van der Waals surface area contributed by atoms with Crippen LogP contribution in [0.15, 0.2) is 65.8 Å². The molecule has 2 aromatic carbocycles. The van der Waals surface area contributed by atoms with Crippen molar-refractivity contribution < 1.29 is 18.0 Å². The Labute approximate surface area is 249 Å². The highest BCUT2D eigenvalue weighted by atomic mass is 35.5. The average molecular weight is 610 g/mol. The molecular weight excluding hydrogens is 583 g/mol. The monoisotopic (exact) mass is 609 g/mol. The van der Waals surface area contributed by atoms with E-state index in [1.165, 1.54) is 13.1 Å². The number of nitrogens with one attached hydrogen (secondary N) is 1. The minimum absolute atomic E-state index is 0.0399. The van der Waals surface area contributed by atoms with Crippen LogP contribution in [0.3, 0.4) is 0 Å². The molecule has 0 fully saturated rings. The average Bonchev–Trinajstić information content (AvgIpc) is 3.46. The van der Waals surface area contributed by atoms with E-state index in [-0.39, 0.29) is 28.5 Å². The lowest BCUT2D eigenvalue weighted by atomic mass is 10.0. The summed E-state index contributed by atoms with van der Waals surface area (Å²) in [6, 6.07) is 11.2. The van der Waals surface area contributed by atoms with Gasteiger partial charge in [0, 0.05) is 53.3 Å². The van der Waals surface area contributed by atoms with E-state index in [0.717, 1.165) is 22.5 Å². The van der Waals surface area contributed by atoms with Crippen LogP contribution in [-0.4, -0.2) is 55.6 Å². The molecule has 0 saturated heterocycles. The van der Waals surface area contributed by atoms with Crippen molar-refractivity contribution in [3.05, 3.63) is 93.1 Å². The first-order chi connectivity index (χ1) is 20.3. The summed E-state index contributed by atoms with van der Waals surface area (Å²) in [6.45, 7) is 4.37. The van der Waals surface area contributed by atoms with Crippen molar-refractivity contribution >= 4 is 39.9 Å². The third-order valence-corrected chi connectivity index (χ3v) is 7.26. The summed E-state index contributed by atoms with van der Waals surface area (Å²) in [6.07, 6.45) is -0.507. The molecule has 3 heterocycles. The van der Waals surface area contributed by atoms with Gasteiger partial charge >= 0.3 is 6.18 Å². The van der Waals surface area contributed by atoms with Gasteiger partial charge in [-0.1, -0.05) is 23.7 Å². The fourth-order valence-electron chi connectivity index (χ4n) is 4.51. The Morgan fingerprint density at radius 1 is 1.12 bits per heavy atom. The van der Waals surface area contributed by atoms with E-state index in [1.807, 2.05) is 30.5 Å². The molecule has 0 saturated carbocycles. The Kier molecular flexibility index (Phi) is 8.08. The van der Waals surface area contributed by atoms with E-state index in [1.54, 1.807) is 42.6 Å². The lowest BCUT2D eigenvalue weighted by molar-refractivity contribution is -0.141. The first kappa shape index (κ1) is 29.9. The maximum atomic E-state index is 13.4. The Balaban J connectivity index is 1.67. The molecule has 5 rings (SSSR count). The minimum Gasteiger partial charge on any atom is -0.345 e. The van der Waals surface area contributed by atoms with Crippen LogP contribution in [0, 0.1) is 6.92 Å². The lowest BCUT2D eigenvalue weighted by Crippen LogP contribution is -2.22. The predicted molar refractivity (Wildman–Crippen MR) is 159 cm³/mol. The van der Waals surface area contributed by atoms with Crippen molar-refractivity contribution in [3.8, 4) is 16.9 Å². The number of nitrogens with zero attached hydrogens (tertiary/aromatic N) is 6. The predicted octanol–water partition coefficient (Wildman–Crippen LogP) is 6.13. The Hall–Kier alpha value is -4.55. The topological polar surface area (TPSA) is 97.9 Å². The highest BCUT2D eigenvalue weighted by Crippen LogP contribution is 2.32. The molecule has 3 aromatic heterocycles. The third-order valence-electron chi connectivity index (χ3n) is 6.85. The summed E-state index contributed by atoms with van der Waals surface area (Å²) in [7, 11) is 3.84. The number of carbonyl (C=O) groups excluding carboxylic acids is 1. The number of Topliss-reactive ketones (excluding diaryl/α,β-unsaturated/α-hetero) is 1. The molecular formula is C30H27ClF3N7O2. The summed E-state index contributed by atoms with van der Waals surface area (Å²) < 4.78 is 43.2. The van der Waals surface area contributed by atoms with Crippen LogP contribution in [0.25, 0.3) is 27.8 Å². The molecule has 0 amide bonds. The highest BCUT2D eigenvalue weighted by Gasteiger charge is 2.34. The van der Waals surface area contributed by atoms with Gasteiger partial charge in [-0.25, -0.2) is 9.67 Å². The lowest BCUT2D eigenvalue weighted by Gasteiger charge is -2.17. The van der Waals surface area contributed by atoms with E-state index >= 15 is 0 Å². The smallest absolute Gasteiger partial charge is 0.345 e. The number of alkyl halides is 3.